The van der Waals surface area contributed by atoms with Crippen LogP contribution in [0.3, 0.4) is 0 Å². The van der Waals surface area contributed by atoms with Crippen LogP contribution in [0, 0.1) is 6.92 Å². The van der Waals surface area contributed by atoms with E-state index >= 15 is 0 Å². The molecule has 0 aliphatic rings. The lowest BCUT2D eigenvalue weighted by molar-refractivity contribution is 0.796. The molecule has 0 aliphatic carbocycles. The molecule has 1 N–H and O–H groups in total. The van der Waals surface area contributed by atoms with E-state index in [-0.39, 0.29) is 11.2 Å². The average molecular weight is 322 g/mol. The molecular formula is C12H9Cl2N7. The monoisotopic (exact) mass is 321 g/mol. The summed E-state index contributed by atoms with van der Waals surface area (Å²) in [5.41, 5.74) is 1.73. The van der Waals surface area contributed by atoms with E-state index in [9.17, 15) is 0 Å². The Balaban J connectivity index is 1.93. The predicted octanol–water partition coefficient (Wildman–Crippen LogP) is 2.81. The van der Waals surface area contributed by atoms with Gasteiger partial charge in [-0.1, -0.05) is 17.7 Å². The molecule has 3 aromatic rings. The number of aromatic nitrogens is 6. The van der Waals surface area contributed by atoms with Crippen LogP contribution >= 0.6 is 23.2 Å². The van der Waals surface area contributed by atoms with Crippen molar-refractivity contribution in [1.29, 1.82) is 0 Å². The van der Waals surface area contributed by atoms with Crippen LogP contribution in [0.25, 0.3) is 5.95 Å². The van der Waals surface area contributed by atoms with E-state index in [1.807, 2.05) is 19.1 Å². The zero-order valence-electron chi connectivity index (χ0n) is 10.8. The number of anilines is 2. The molecule has 2 heterocycles. The van der Waals surface area contributed by atoms with Gasteiger partial charge in [0.1, 0.15) is 12.7 Å². The summed E-state index contributed by atoms with van der Waals surface area (Å²) in [7, 11) is 0. The predicted molar refractivity (Wildman–Crippen MR) is 79.2 cm³/mol. The Morgan fingerprint density at radius 3 is 2.71 bits per heavy atom. The van der Waals surface area contributed by atoms with Gasteiger partial charge >= 0.3 is 0 Å². The van der Waals surface area contributed by atoms with Crippen molar-refractivity contribution in [3.8, 4) is 5.95 Å². The maximum Gasteiger partial charge on any atom is 0.258 e. The first-order chi connectivity index (χ1) is 10.1. The summed E-state index contributed by atoms with van der Waals surface area (Å²) < 4.78 is 1.39. The maximum atomic E-state index is 6.08. The standard InChI is InChI=1S/C12H9Cl2N7/c1-7-2-3-8(4-9(7)13)17-11-18-10(14)19-12(20-11)21-6-15-5-16-21/h2-6H,1H3,(H,17,18,19,20). The minimum atomic E-state index is 0.0520. The second-order valence-corrected chi connectivity index (χ2v) is 4.90. The zero-order chi connectivity index (χ0) is 14.8. The van der Waals surface area contributed by atoms with Gasteiger partial charge in [-0.15, -0.1) is 0 Å². The largest absolute Gasteiger partial charge is 0.324 e. The molecule has 106 valence electrons. The minimum absolute atomic E-state index is 0.0520. The molecule has 7 nitrogen and oxygen atoms in total. The van der Waals surface area contributed by atoms with Gasteiger partial charge < -0.3 is 5.32 Å². The number of nitrogens with zero attached hydrogens (tertiary/aromatic N) is 6. The molecule has 9 heteroatoms. The van der Waals surface area contributed by atoms with Gasteiger partial charge in [0.15, 0.2) is 0 Å². The van der Waals surface area contributed by atoms with Crippen molar-refractivity contribution in [2.45, 2.75) is 6.92 Å². The van der Waals surface area contributed by atoms with Crippen LogP contribution in [0.15, 0.2) is 30.9 Å². The summed E-state index contributed by atoms with van der Waals surface area (Å²) in [5, 5.41) is 7.67. The highest BCUT2D eigenvalue weighted by Gasteiger charge is 2.08. The maximum absolute atomic E-state index is 6.08. The molecule has 0 atom stereocenters. The molecule has 1 aromatic carbocycles. The second kappa shape index (κ2) is 5.63. The summed E-state index contributed by atoms with van der Waals surface area (Å²) in [6.07, 6.45) is 2.85. The fraction of sp³-hybridized carbons (Fsp3) is 0.0833. The lowest BCUT2D eigenvalue weighted by Crippen LogP contribution is -2.07. The first-order valence-electron chi connectivity index (χ1n) is 5.91. The molecule has 2 aromatic heterocycles. The van der Waals surface area contributed by atoms with E-state index in [0.29, 0.717) is 11.0 Å². The highest BCUT2D eigenvalue weighted by molar-refractivity contribution is 6.31. The van der Waals surface area contributed by atoms with Crippen molar-refractivity contribution >= 4 is 34.8 Å². The SMILES string of the molecule is Cc1ccc(Nc2nc(Cl)nc(-n3cncn3)n2)cc1Cl. The van der Waals surface area contributed by atoms with E-state index < -0.39 is 0 Å². The Hall–Kier alpha value is -2.25. The first-order valence-corrected chi connectivity index (χ1v) is 6.67. The molecule has 0 spiro atoms. The minimum Gasteiger partial charge on any atom is -0.324 e. The topological polar surface area (TPSA) is 81.4 Å². The van der Waals surface area contributed by atoms with E-state index in [2.05, 4.69) is 30.4 Å². The van der Waals surface area contributed by atoms with E-state index in [1.54, 1.807) is 6.07 Å². The van der Waals surface area contributed by atoms with Gasteiger partial charge in [-0.2, -0.15) is 24.7 Å². The summed E-state index contributed by atoms with van der Waals surface area (Å²) in [4.78, 5) is 16.1. The summed E-state index contributed by atoms with van der Waals surface area (Å²) in [5.74, 6) is 0.564. The van der Waals surface area contributed by atoms with E-state index in [0.717, 1.165) is 11.3 Å². The number of nitrogens with one attached hydrogen (secondary N) is 1. The smallest absolute Gasteiger partial charge is 0.258 e. The fourth-order valence-electron chi connectivity index (χ4n) is 1.61. The fourth-order valence-corrected chi connectivity index (χ4v) is 1.95. The summed E-state index contributed by atoms with van der Waals surface area (Å²) >= 11 is 12.0. The van der Waals surface area contributed by atoms with Crippen LogP contribution in [0.5, 0.6) is 0 Å². The molecule has 0 bridgehead atoms. The van der Waals surface area contributed by atoms with Gasteiger partial charge in [-0.25, -0.2) is 4.98 Å². The van der Waals surface area contributed by atoms with Gasteiger partial charge in [0.05, 0.1) is 0 Å². The molecule has 0 fully saturated rings. The third kappa shape index (κ3) is 3.09. The molecule has 0 unspecified atom stereocenters. The van der Waals surface area contributed by atoms with E-state index in [4.69, 9.17) is 23.2 Å². The van der Waals surface area contributed by atoms with Gasteiger partial charge in [0, 0.05) is 10.7 Å². The van der Waals surface area contributed by atoms with Crippen molar-refractivity contribution in [3.63, 3.8) is 0 Å². The highest BCUT2D eigenvalue weighted by Crippen LogP contribution is 2.22. The summed E-state index contributed by atoms with van der Waals surface area (Å²) in [6.45, 7) is 1.93. The van der Waals surface area contributed by atoms with Gasteiger partial charge in [-0.05, 0) is 36.2 Å². The van der Waals surface area contributed by atoms with Crippen molar-refractivity contribution in [2.75, 3.05) is 5.32 Å². The Kier molecular flexibility index (Phi) is 3.68. The molecule has 0 radical (unpaired) electrons. The first kappa shape index (κ1) is 13.7. The summed E-state index contributed by atoms with van der Waals surface area (Å²) in [6, 6.07) is 5.55. The molecular weight excluding hydrogens is 313 g/mol. The molecule has 0 aliphatic heterocycles. The number of aryl methyl sites for hydroxylation is 1. The number of hydrogen-bond donors (Lipinski definition) is 1. The molecule has 0 saturated heterocycles. The molecule has 21 heavy (non-hydrogen) atoms. The molecule has 3 rings (SSSR count). The van der Waals surface area contributed by atoms with Gasteiger partial charge in [0.25, 0.3) is 5.95 Å². The Morgan fingerprint density at radius 2 is 2.00 bits per heavy atom. The average Bonchev–Trinajstić information content (AvgIpc) is 2.96. The number of benzene rings is 1. The van der Waals surface area contributed by atoms with Gasteiger partial charge in [0.2, 0.25) is 11.2 Å². The Morgan fingerprint density at radius 1 is 1.14 bits per heavy atom. The van der Waals surface area contributed by atoms with Crippen LogP contribution in [0.4, 0.5) is 11.6 Å². The Labute approximate surface area is 130 Å². The zero-order valence-corrected chi connectivity index (χ0v) is 12.3. The quantitative estimate of drug-likeness (QED) is 0.798. The number of halogens is 2. The Bertz CT molecular complexity index is 773. The van der Waals surface area contributed by atoms with Crippen LogP contribution < -0.4 is 5.32 Å². The normalized spacial score (nSPS) is 10.6. The van der Waals surface area contributed by atoms with Crippen LogP contribution in [-0.2, 0) is 0 Å². The third-order valence-electron chi connectivity index (χ3n) is 2.65. The highest BCUT2D eigenvalue weighted by atomic mass is 35.5. The van der Waals surface area contributed by atoms with Crippen molar-refractivity contribution in [3.05, 3.63) is 46.7 Å². The van der Waals surface area contributed by atoms with Crippen molar-refractivity contribution in [1.82, 2.24) is 29.7 Å². The molecule has 0 saturated carbocycles. The van der Waals surface area contributed by atoms with E-state index in [1.165, 1.54) is 17.3 Å². The van der Waals surface area contributed by atoms with Crippen LogP contribution in [0.2, 0.25) is 10.3 Å². The number of hydrogen-bond acceptors (Lipinski definition) is 6. The lowest BCUT2D eigenvalue weighted by atomic mass is 10.2. The van der Waals surface area contributed by atoms with Crippen molar-refractivity contribution in [2.24, 2.45) is 0 Å². The number of rotatable bonds is 3. The lowest BCUT2D eigenvalue weighted by Gasteiger charge is -2.07. The van der Waals surface area contributed by atoms with Crippen molar-refractivity contribution < 1.29 is 0 Å². The van der Waals surface area contributed by atoms with Crippen LogP contribution in [-0.4, -0.2) is 29.7 Å². The van der Waals surface area contributed by atoms with Gasteiger partial charge in [-0.3, -0.25) is 0 Å². The second-order valence-electron chi connectivity index (χ2n) is 4.16. The third-order valence-corrected chi connectivity index (χ3v) is 3.22. The van der Waals surface area contributed by atoms with Crippen LogP contribution in [0.1, 0.15) is 5.56 Å². The molecule has 0 amide bonds.